The van der Waals surface area contributed by atoms with Crippen molar-refractivity contribution in [2.24, 2.45) is 0 Å². The van der Waals surface area contributed by atoms with Gasteiger partial charge < -0.3 is 20.3 Å². The number of benzene rings is 2. The van der Waals surface area contributed by atoms with Crippen LogP contribution in [0.4, 0.5) is 20.6 Å². The number of carbonyl (C=O) groups is 1. The van der Waals surface area contributed by atoms with E-state index in [0.717, 1.165) is 11.1 Å². The van der Waals surface area contributed by atoms with Crippen LogP contribution in [0.1, 0.15) is 24.1 Å². The van der Waals surface area contributed by atoms with Crippen LogP contribution in [0.25, 0.3) is 0 Å². The fourth-order valence-electron chi connectivity index (χ4n) is 3.16. The van der Waals surface area contributed by atoms with E-state index in [1.807, 2.05) is 43.0 Å². The van der Waals surface area contributed by atoms with Crippen LogP contribution in [0.5, 0.6) is 0 Å². The Balaban J connectivity index is 1.62. The van der Waals surface area contributed by atoms with Crippen LogP contribution in [0.3, 0.4) is 0 Å². The van der Waals surface area contributed by atoms with E-state index >= 15 is 0 Å². The van der Waals surface area contributed by atoms with Crippen molar-refractivity contribution in [2.45, 2.75) is 19.9 Å². The van der Waals surface area contributed by atoms with Gasteiger partial charge in [-0.05, 0) is 43.2 Å². The van der Waals surface area contributed by atoms with Crippen LogP contribution in [0, 0.1) is 12.7 Å². The number of nitrogens with one attached hydrogen (secondary N) is 2. The lowest BCUT2D eigenvalue weighted by Crippen LogP contribution is -2.36. The van der Waals surface area contributed by atoms with Gasteiger partial charge in [0.1, 0.15) is 5.82 Å². The maximum Gasteiger partial charge on any atom is 0.319 e. The van der Waals surface area contributed by atoms with Crippen LogP contribution in [-0.2, 0) is 4.74 Å². The molecule has 0 saturated carbocycles. The Bertz CT molecular complexity index is 775. The Morgan fingerprint density at radius 2 is 1.92 bits per heavy atom. The van der Waals surface area contributed by atoms with Gasteiger partial charge in [0.05, 0.1) is 24.9 Å². The van der Waals surface area contributed by atoms with Gasteiger partial charge in [0.15, 0.2) is 0 Å². The summed E-state index contributed by atoms with van der Waals surface area (Å²) in [7, 11) is 0. The highest BCUT2D eigenvalue weighted by atomic mass is 19.1. The second-order valence-electron chi connectivity index (χ2n) is 6.44. The third-order valence-corrected chi connectivity index (χ3v) is 4.56. The molecule has 2 aromatic carbocycles. The maximum atomic E-state index is 14.4. The standard InChI is InChI=1S/C20H24FN3O2/c1-14-5-3-4-6-17(14)15(2)22-20(25)23-16-7-8-19(18(21)13-16)24-9-11-26-12-10-24/h3-8,13,15H,9-12H2,1-2H3,(H2,22,23,25). The second-order valence-corrected chi connectivity index (χ2v) is 6.44. The molecule has 1 saturated heterocycles. The molecule has 0 aromatic heterocycles. The third-order valence-electron chi connectivity index (χ3n) is 4.56. The summed E-state index contributed by atoms with van der Waals surface area (Å²) in [4.78, 5) is 14.2. The molecule has 2 N–H and O–H groups in total. The van der Waals surface area contributed by atoms with Gasteiger partial charge >= 0.3 is 6.03 Å². The molecule has 2 aromatic rings. The van der Waals surface area contributed by atoms with Gasteiger partial charge in [-0.2, -0.15) is 0 Å². The first-order valence-corrected chi connectivity index (χ1v) is 8.80. The van der Waals surface area contributed by atoms with Gasteiger partial charge in [0.25, 0.3) is 0 Å². The van der Waals surface area contributed by atoms with Gasteiger partial charge in [0.2, 0.25) is 0 Å². The molecule has 26 heavy (non-hydrogen) atoms. The SMILES string of the molecule is Cc1ccccc1C(C)NC(=O)Nc1ccc(N2CCOCC2)c(F)c1. The smallest absolute Gasteiger partial charge is 0.319 e. The molecule has 1 unspecified atom stereocenters. The predicted molar refractivity (Wildman–Crippen MR) is 101 cm³/mol. The van der Waals surface area contributed by atoms with E-state index < -0.39 is 0 Å². The minimum Gasteiger partial charge on any atom is -0.378 e. The van der Waals surface area contributed by atoms with Gasteiger partial charge in [-0.1, -0.05) is 24.3 Å². The zero-order chi connectivity index (χ0) is 18.5. The Hall–Kier alpha value is -2.60. The fourth-order valence-corrected chi connectivity index (χ4v) is 3.16. The van der Waals surface area contributed by atoms with Crippen LogP contribution in [-0.4, -0.2) is 32.3 Å². The topological polar surface area (TPSA) is 53.6 Å². The Morgan fingerprint density at radius 1 is 1.19 bits per heavy atom. The van der Waals surface area contributed by atoms with E-state index in [1.54, 1.807) is 12.1 Å². The Labute approximate surface area is 153 Å². The second kappa shape index (κ2) is 8.19. The first-order chi connectivity index (χ1) is 12.5. The number of ether oxygens (including phenoxy) is 1. The highest BCUT2D eigenvalue weighted by molar-refractivity contribution is 5.89. The van der Waals surface area contributed by atoms with Crippen molar-refractivity contribution in [3.63, 3.8) is 0 Å². The van der Waals surface area contributed by atoms with Crippen LogP contribution in [0.2, 0.25) is 0 Å². The van der Waals surface area contributed by atoms with Crippen molar-refractivity contribution in [3.8, 4) is 0 Å². The maximum absolute atomic E-state index is 14.4. The third kappa shape index (κ3) is 4.32. The van der Waals surface area contributed by atoms with Crippen LogP contribution >= 0.6 is 0 Å². The lowest BCUT2D eigenvalue weighted by molar-refractivity contribution is 0.122. The molecule has 1 aliphatic heterocycles. The Morgan fingerprint density at radius 3 is 2.62 bits per heavy atom. The zero-order valence-electron chi connectivity index (χ0n) is 15.1. The predicted octanol–water partition coefficient (Wildman–Crippen LogP) is 3.85. The molecule has 0 spiro atoms. The molecule has 0 radical (unpaired) electrons. The van der Waals surface area contributed by atoms with E-state index in [1.165, 1.54) is 6.07 Å². The van der Waals surface area contributed by atoms with Gasteiger partial charge in [-0.3, -0.25) is 0 Å². The van der Waals surface area contributed by atoms with Gasteiger partial charge in [0, 0.05) is 18.8 Å². The summed E-state index contributed by atoms with van der Waals surface area (Å²) in [5.41, 5.74) is 3.12. The van der Waals surface area contributed by atoms with Crippen molar-refractivity contribution in [1.82, 2.24) is 5.32 Å². The van der Waals surface area contributed by atoms with Crippen molar-refractivity contribution in [3.05, 3.63) is 59.4 Å². The average molecular weight is 357 g/mol. The number of carbonyl (C=O) groups excluding carboxylic acids is 1. The summed E-state index contributed by atoms with van der Waals surface area (Å²) >= 11 is 0. The molecular formula is C20H24FN3O2. The molecule has 0 aliphatic carbocycles. The number of amides is 2. The van der Waals surface area contributed by atoms with E-state index in [4.69, 9.17) is 4.74 Å². The monoisotopic (exact) mass is 357 g/mol. The summed E-state index contributed by atoms with van der Waals surface area (Å²) in [5, 5.41) is 5.58. The zero-order valence-corrected chi connectivity index (χ0v) is 15.1. The van der Waals surface area contributed by atoms with Crippen molar-refractivity contribution >= 4 is 17.4 Å². The quantitative estimate of drug-likeness (QED) is 0.874. The number of rotatable bonds is 4. The molecule has 3 rings (SSSR count). The van der Waals surface area contributed by atoms with Gasteiger partial charge in [-0.15, -0.1) is 0 Å². The number of aryl methyl sites for hydroxylation is 1. The minimum atomic E-state index is -0.362. The lowest BCUT2D eigenvalue weighted by Gasteiger charge is -2.29. The highest BCUT2D eigenvalue weighted by Gasteiger charge is 2.16. The number of hydrogen-bond acceptors (Lipinski definition) is 3. The van der Waals surface area contributed by atoms with Crippen molar-refractivity contribution in [1.29, 1.82) is 0 Å². The summed E-state index contributed by atoms with van der Waals surface area (Å²) in [6.07, 6.45) is 0. The molecule has 5 nitrogen and oxygen atoms in total. The van der Waals surface area contributed by atoms with Crippen molar-refractivity contribution in [2.75, 3.05) is 36.5 Å². The Kier molecular flexibility index (Phi) is 5.73. The number of nitrogens with zero attached hydrogens (tertiary/aromatic N) is 1. The van der Waals surface area contributed by atoms with Crippen LogP contribution in [0.15, 0.2) is 42.5 Å². The number of anilines is 2. The first-order valence-electron chi connectivity index (χ1n) is 8.80. The number of hydrogen-bond donors (Lipinski definition) is 2. The molecular weight excluding hydrogens is 333 g/mol. The molecule has 1 atom stereocenters. The fraction of sp³-hybridized carbons (Fsp3) is 0.350. The molecule has 1 aliphatic rings. The summed E-state index contributed by atoms with van der Waals surface area (Å²) < 4.78 is 19.7. The lowest BCUT2D eigenvalue weighted by atomic mass is 10.0. The van der Waals surface area contributed by atoms with Crippen molar-refractivity contribution < 1.29 is 13.9 Å². The minimum absolute atomic E-state index is 0.145. The largest absolute Gasteiger partial charge is 0.378 e. The van der Waals surface area contributed by atoms with E-state index in [2.05, 4.69) is 10.6 Å². The molecule has 6 heteroatoms. The summed E-state index contributed by atoms with van der Waals surface area (Å²) in [5.74, 6) is -0.350. The number of morpholine rings is 1. The molecule has 1 heterocycles. The molecule has 2 amide bonds. The molecule has 138 valence electrons. The first kappa shape index (κ1) is 18.2. The van der Waals surface area contributed by atoms with E-state index in [-0.39, 0.29) is 17.9 Å². The van der Waals surface area contributed by atoms with E-state index in [9.17, 15) is 9.18 Å². The number of halogens is 1. The highest BCUT2D eigenvalue weighted by Crippen LogP contribution is 2.24. The van der Waals surface area contributed by atoms with E-state index in [0.29, 0.717) is 37.7 Å². The number of urea groups is 1. The average Bonchev–Trinajstić information content (AvgIpc) is 2.62. The summed E-state index contributed by atoms with van der Waals surface area (Å²) in [6.45, 7) is 6.45. The summed E-state index contributed by atoms with van der Waals surface area (Å²) in [6, 6.07) is 12.1. The normalized spacial score (nSPS) is 15.4. The van der Waals surface area contributed by atoms with Crippen LogP contribution < -0.4 is 15.5 Å². The van der Waals surface area contributed by atoms with Gasteiger partial charge in [-0.25, -0.2) is 9.18 Å². The molecule has 1 fully saturated rings. The molecule has 0 bridgehead atoms.